The summed E-state index contributed by atoms with van der Waals surface area (Å²) in [5.41, 5.74) is -2.09. The van der Waals surface area contributed by atoms with Crippen molar-refractivity contribution >= 4 is 41.7 Å². The molecule has 1 N–H and O–H groups in total. The number of aromatic nitrogens is 2. The van der Waals surface area contributed by atoms with Gasteiger partial charge >= 0.3 is 12.4 Å². The molecule has 1 aromatic rings. The highest BCUT2D eigenvalue weighted by molar-refractivity contribution is 8.07. The number of rotatable bonds is 3. The molecule has 1 aromatic heterocycles. The van der Waals surface area contributed by atoms with Crippen molar-refractivity contribution in [3.63, 3.8) is 0 Å². The van der Waals surface area contributed by atoms with Gasteiger partial charge in [-0.3, -0.25) is 18.9 Å². The molecule has 0 aromatic carbocycles. The fourth-order valence-electron chi connectivity index (χ4n) is 2.51. The molecular formula is C12H14Cl2FN2O6PS. The number of H-pyrrole nitrogens is 1. The van der Waals surface area contributed by atoms with Gasteiger partial charge in [-0.05, 0) is 25.7 Å². The van der Waals surface area contributed by atoms with Crippen molar-refractivity contribution in [3.05, 3.63) is 32.9 Å². The van der Waals surface area contributed by atoms with Crippen LogP contribution in [0.2, 0.25) is 0 Å². The normalized spacial score (nSPS) is 34.2. The van der Waals surface area contributed by atoms with Crippen LogP contribution in [0.25, 0.3) is 0 Å². The summed E-state index contributed by atoms with van der Waals surface area (Å²) in [6.07, 6.45) is -2.63. The minimum atomic E-state index is -3.10. The van der Waals surface area contributed by atoms with Crippen molar-refractivity contribution in [2.75, 3.05) is 6.61 Å². The number of ether oxygens (including phenoxy) is 1. The first kappa shape index (κ1) is 19.4. The summed E-state index contributed by atoms with van der Waals surface area (Å²) in [7, 11) is 0. The fraction of sp³-hybridized carbons (Fsp3) is 0.667. The van der Waals surface area contributed by atoms with Gasteiger partial charge < -0.3 is 13.8 Å². The van der Waals surface area contributed by atoms with Crippen molar-refractivity contribution in [2.45, 2.75) is 42.7 Å². The molecule has 2 saturated heterocycles. The van der Waals surface area contributed by atoms with Crippen LogP contribution < -0.4 is 11.2 Å². The molecule has 0 unspecified atom stereocenters. The summed E-state index contributed by atoms with van der Waals surface area (Å²) < 4.78 is 34.8. The molecule has 13 heteroatoms. The molecule has 3 heterocycles. The Morgan fingerprint density at radius 3 is 2.84 bits per heavy atom. The number of nitrogens with one attached hydrogen (secondary N) is 1. The smallest absolute Gasteiger partial charge is 0.330 e. The molecule has 2 aliphatic heterocycles. The molecule has 0 aliphatic carbocycles. The Bertz CT molecular complexity index is 846. The molecule has 4 atom stereocenters. The van der Waals surface area contributed by atoms with E-state index in [1.54, 1.807) is 13.8 Å². The lowest BCUT2D eigenvalue weighted by Crippen LogP contribution is -2.44. The first-order valence-corrected chi connectivity index (χ1v) is 10.5. The van der Waals surface area contributed by atoms with Crippen LogP contribution in [-0.4, -0.2) is 38.8 Å². The molecule has 0 saturated carbocycles. The molecule has 0 radical (unpaired) electrons. The van der Waals surface area contributed by atoms with E-state index in [2.05, 4.69) is 0 Å². The highest BCUT2D eigenvalue weighted by Gasteiger charge is 2.61. The lowest BCUT2D eigenvalue weighted by Gasteiger charge is -2.36. The number of alkyl halides is 2. The average Bonchev–Trinajstić information content (AvgIpc) is 2.73. The molecule has 0 amide bonds. The quantitative estimate of drug-likeness (QED) is 0.572. The van der Waals surface area contributed by atoms with Gasteiger partial charge in [0.05, 0.1) is 18.9 Å². The second-order valence-electron chi connectivity index (χ2n) is 5.77. The van der Waals surface area contributed by atoms with Crippen molar-refractivity contribution < 1.29 is 22.7 Å². The van der Waals surface area contributed by atoms with Crippen molar-refractivity contribution in [3.8, 4) is 0 Å². The van der Waals surface area contributed by atoms with E-state index in [1.807, 2.05) is 4.98 Å². The third-order valence-corrected chi connectivity index (χ3v) is 6.77. The summed E-state index contributed by atoms with van der Waals surface area (Å²) >= 11 is 18.0. The lowest BCUT2D eigenvalue weighted by molar-refractivity contribution is -0.0652. The van der Waals surface area contributed by atoms with Crippen LogP contribution in [0.4, 0.5) is 4.39 Å². The van der Waals surface area contributed by atoms with Gasteiger partial charge in [0.15, 0.2) is 10.6 Å². The van der Waals surface area contributed by atoms with E-state index in [9.17, 15) is 14.0 Å². The molecule has 8 nitrogen and oxygen atoms in total. The van der Waals surface area contributed by atoms with Crippen molar-refractivity contribution in [1.82, 2.24) is 9.55 Å². The van der Waals surface area contributed by atoms with Crippen LogP contribution in [0.3, 0.4) is 0 Å². The molecule has 25 heavy (non-hydrogen) atoms. The minimum Gasteiger partial charge on any atom is -0.346 e. The third-order valence-electron chi connectivity index (χ3n) is 3.51. The number of hydrogen-bond acceptors (Lipinski definition) is 7. The van der Waals surface area contributed by atoms with Crippen LogP contribution in [0.1, 0.15) is 20.1 Å². The van der Waals surface area contributed by atoms with Crippen molar-refractivity contribution in [2.24, 2.45) is 0 Å². The summed E-state index contributed by atoms with van der Waals surface area (Å²) in [5, 5.41) is 0. The maximum Gasteiger partial charge on any atom is 0.330 e. The topological polar surface area (TPSA) is 91.8 Å². The molecular weight excluding hydrogens is 421 g/mol. The molecule has 2 fully saturated rings. The highest BCUT2D eigenvalue weighted by atomic mass is 35.5. The number of fused-ring (bicyclic) bond motifs is 1. The predicted octanol–water partition coefficient (Wildman–Crippen LogP) is 1.81. The Kier molecular flexibility index (Phi) is 5.20. The van der Waals surface area contributed by atoms with Gasteiger partial charge in [-0.15, -0.1) is 0 Å². The van der Waals surface area contributed by atoms with Gasteiger partial charge in [-0.2, -0.15) is 4.39 Å². The Morgan fingerprint density at radius 1 is 1.52 bits per heavy atom. The standard InChI is InChI=1S/C12H14Cl2FN2O6PS/c1-5(2)22-24(25)20-4-7-8(23-24)12(13,14)10(21-7)17-3-6(15)9(18)16-11(17)19/h3,5,7-8,10H,4H2,1-2H3,(H,16,18,19)/t7-,8-,10-,24+/m1/s1. The van der Waals surface area contributed by atoms with Crippen LogP contribution >= 0.6 is 29.9 Å². The molecule has 2 aliphatic rings. The van der Waals surface area contributed by atoms with E-state index < -0.39 is 46.6 Å². The first-order valence-electron chi connectivity index (χ1n) is 7.19. The number of hydrogen-bond donors (Lipinski definition) is 1. The van der Waals surface area contributed by atoms with E-state index in [0.29, 0.717) is 6.20 Å². The average molecular weight is 435 g/mol. The van der Waals surface area contributed by atoms with E-state index in [4.69, 9.17) is 53.3 Å². The van der Waals surface area contributed by atoms with E-state index >= 15 is 0 Å². The van der Waals surface area contributed by atoms with Crippen LogP contribution in [0.5, 0.6) is 0 Å². The van der Waals surface area contributed by atoms with Gasteiger partial charge in [0.2, 0.25) is 5.82 Å². The number of nitrogens with zero attached hydrogens (tertiary/aromatic N) is 1. The van der Waals surface area contributed by atoms with Gasteiger partial charge in [0.1, 0.15) is 12.2 Å². The predicted molar refractivity (Wildman–Crippen MR) is 91.0 cm³/mol. The second-order valence-corrected chi connectivity index (χ2v) is 10.1. The zero-order chi connectivity index (χ0) is 18.6. The maximum absolute atomic E-state index is 13.6. The molecule has 0 spiro atoms. The lowest BCUT2D eigenvalue weighted by atomic mass is 10.2. The van der Waals surface area contributed by atoms with Crippen LogP contribution in [-0.2, 0) is 30.1 Å². The van der Waals surface area contributed by atoms with Gasteiger partial charge in [0, 0.05) is 0 Å². The van der Waals surface area contributed by atoms with Crippen molar-refractivity contribution in [1.29, 1.82) is 0 Å². The van der Waals surface area contributed by atoms with Crippen LogP contribution in [0.15, 0.2) is 15.8 Å². The van der Waals surface area contributed by atoms with Gasteiger partial charge in [-0.25, -0.2) is 4.79 Å². The summed E-state index contributed by atoms with van der Waals surface area (Å²) in [6.45, 7) is 0.401. The second kappa shape index (κ2) is 6.69. The summed E-state index contributed by atoms with van der Waals surface area (Å²) in [4.78, 5) is 25.0. The SMILES string of the molecule is CC(C)O[P@@]1(=S)OC[C@H]2O[C@@H](n3cc(F)c(=O)[nH]c3=O)C(Cl)(Cl)[C@@H]2O1. The zero-order valence-corrected chi connectivity index (χ0v) is 16.2. The Balaban J connectivity index is 1.94. The van der Waals surface area contributed by atoms with Gasteiger partial charge in [0.25, 0.3) is 5.56 Å². The van der Waals surface area contributed by atoms with E-state index in [1.165, 1.54) is 0 Å². The summed E-state index contributed by atoms with van der Waals surface area (Å²) in [6, 6.07) is 0. The highest BCUT2D eigenvalue weighted by Crippen LogP contribution is 2.61. The summed E-state index contributed by atoms with van der Waals surface area (Å²) in [5.74, 6) is -1.19. The monoisotopic (exact) mass is 434 g/mol. The third kappa shape index (κ3) is 3.59. The van der Waals surface area contributed by atoms with Crippen LogP contribution in [0, 0.1) is 5.82 Å². The van der Waals surface area contributed by atoms with E-state index in [-0.39, 0.29) is 12.7 Å². The fourth-order valence-corrected chi connectivity index (χ4v) is 5.90. The molecule has 140 valence electrons. The first-order chi connectivity index (χ1) is 11.5. The zero-order valence-electron chi connectivity index (χ0n) is 13.0. The Morgan fingerprint density at radius 2 is 2.20 bits per heavy atom. The minimum absolute atomic E-state index is 0.0209. The maximum atomic E-state index is 13.6. The number of halogens is 3. The Labute approximate surface area is 156 Å². The largest absolute Gasteiger partial charge is 0.346 e. The number of aromatic amines is 1. The van der Waals surface area contributed by atoms with Gasteiger partial charge in [-0.1, -0.05) is 23.2 Å². The molecule has 0 bridgehead atoms. The van der Waals surface area contributed by atoms with E-state index in [0.717, 1.165) is 4.57 Å². The molecule has 3 rings (SSSR count). The Hall–Kier alpha value is -0.320.